The first-order valence-corrected chi connectivity index (χ1v) is 9.21. The molecule has 0 aliphatic carbocycles. The number of esters is 1. The smallest absolute Gasteiger partial charge is 0.351 e. The summed E-state index contributed by atoms with van der Waals surface area (Å²) in [6, 6.07) is 8.67. The summed E-state index contributed by atoms with van der Waals surface area (Å²) >= 11 is 1.12. The van der Waals surface area contributed by atoms with Crippen molar-refractivity contribution in [1.82, 2.24) is 15.0 Å². The molecule has 0 aliphatic heterocycles. The summed E-state index contributed by atoms with van der Waals surface area (Å²) < 4.78 is 10.5. The molecule has 0 bridgehead atoms. The Kier molecular flexibility index (Phi) is 5.95. The lowest BCUT2D eigenvalue weighted by Gasteiger charge is -2.14. The number of hydrogen-bond donors (Lipinski definition) is 1. The van der Waals surface area contributed by atoms with Crippen molar-refractivity contribution < 1.29 is 19.1 Å². The third-order valence-electron chi connectivity index (χ3n) is 3.76. The summed E-state index contributed by atoms with van der Waals surface area (Å²) in [5, 5.41) is 3.20. The monoisotopic (exact) mass is 398 g/mol. The minimum absolute atomic E-state index is 0.305. The number of para-hydroxylation sites is 2. The Morgan fingerprint density at radius 3 is 2.57 bits per heavy atom. The van der Waals surface area contributed by atoms with E-state index in [0.717, 1.165) is 11.3 Å². The van der Waals surface area contributed by atoms with Gasteiger partial charge >= 0.3 is 5.97 Å². The number of hydrogen-bond acceptors (Lipinski definition) is 8. The molecule has 0 saturated heterocycles. The molecular weight excluding hydrogens is 380 g/mol. The molecule has 0 fully saturated rings. The third kappa shape index (κ3) is 4.32. The topological polar surface area (TPSA) is 103 Å². The zero-order valence-corrected chi connectivity index (χ0v) is 16.3. The van der Waals surface area contributed by atoms with Gasteiger partial charge in [0.1, 0.15) is 10.6 Å². The van der Waals surface area contributed by atoms with Gasteiger partial charge in [0.15, 0.2) is 16.9 Å². The van der Waals surface area contributed by atoms with Gasteiger partial charge in [-0.15, -0.1) is 11.3 Å². The molecule has 3 rings (SSSR count). The van der Waals surface area contributed by atoms with Crippen LogP contribution in [-0.2, 0) is 9.53 Å². The maximum atomic E-state index is 12.5. The number of carbonyl (C=O) groups is 2. The van der Waals surface area contributed by atoms with Crippen LogP contribution in [0.2, 0.25) is 0 Å². The van der Waals surface area contributed by atoms with Crippen LogP contribution in [-0.4, -0.2) is 40.0 Å². The summed E-state index contributed by atoms with van der Waals surface area (Å²) in [4.78, 5) is 37.8. The molecule has 1 N–H and O–H groups in total. The lowest BCUT2D eigenvalue weighted by Crippen LogP contribution is -2.30. The maximum absolute atomic E-state index is 12.5. The minimum atomic E-state index is -1.00. The number of rotatable bonds is 6. The standard InChI is InChI=1S/C19H18N4O4S/c1-11-15(28-18(22-11)16-20-9-6-10-21-16)19(25)27-12(2)17(24)23-13-7-4-5-8-14(13)26-3/h4-10,12H,1-3H3,(H,23,24). The summed E-state index contributed by atoms with van der Waals surface area (Å²) in [5.41, 5.74) is 0.991. The van der Waals surface area contributed by atoms with Gasteiger partial charge in [0, 0.05) is 12.4 Å². The van der Waals surface area contributed by atoms with Gasteiger partial charge < -0.3 is 14.8 Å². The fraction of sp³-hybridized carbons (Fsp3) is 0.211. The fourth-order valence-electron chi connectivity index (χ4n) is 2.34. The first-order valence-electron chi connectivity index (χ1n) is 8.39. The van der Waals surface area contributed by atoms with Gasteiger partial charge in [-0.3, -0.25) is 4.79 Å². The highest BCUT2D eigenvalue weighted by Crippen LogP contribution is 2.27. The van der Waals surface area contributed by atoms with Gasteiger partial charge in [0.05, 0.1) is 18.5 Å². The predicted molar refractivity (Wildman–Crippen MR) is 104 cm³/mol. The molecule has 144 valence electrons. The molecule has 1 aromatic carbocycles. The van der Waals surface area contributed by atoms with E-state index in [0.29, 0.717) is 32.8 Å². The highest BCUT2D eigenvalue weighted by Gasteiger charge is 2.24. The van der Waals surface area contributed by atoms with Gasteiger partial charge in [-0.05, 0) is 32.0 Å². The van der Waals surface area contributed by atoms with E-state index in [1.807, 2.05) is 0 Å². The average molecular weight is 398 g/mol. The molecule has 0 saturated carbocycles. The van der Waals surface area contributed by atoms with Crippen LogP contribution in [0.4, 0.5) is 5.69 Å². The normalized spacial score (nSPS) is 11.5. The summed E-state index contributed by atoms with van der Waals surface area (Å²) in [7, 11) is 1.51. The van der Waals surface area contributed by atoms with Crippen LogP contribution in [0, 0.1) is 6.92 Å². The van der Waals surface area contributed by atoms with E-state index in [9.17, 15) is 9.59 Å². The number of nitrogens with one attached hydrogen (secondary N) is 1. The molecule has 9 heteroatoms. The third-order valence-corrected chi connectivity index (χ3v) is 4.89. The Hall–Kier alpha value is -3.33. The molecule has 1 amide bonds. The molecule has 2 heterocycles. The van der Waals surface area contributed by atoms with E-state index in [1.165, 1.54) is 14.0 Å². The second kappa shape index (κ2) is 8.57. The molecular formula is C19H18N4O4S. The number of carbonyl (C=O) groups excluding carboxylic acids is 2. The van der Waals surface area contributed by atoms with Crippen LogP contribution in [0.1, 0.15) is 22.3 Å². The van der Waals surface area contributed by atoms with Crippen LogP contribution in [0.25, 0.3) is 10.8 Å². The molecule has 2 aromatic heterocycles. The summed E-state index contributed by atoms with van der Waals surface area (Å²) in [6.45, 7) is 3.19. The lowest BCUT2D eigenvalue weighted by molar-refractivity contribution is -0.123. The molecule has 1 unspecified atom stereocenters. The Labute approximate surface area is 165 Å². The van der Waals surface area contributed by atoms with Gasteiger partial charge in [0.25, 0.3) is 5.91 Å². The van der Waals surface area contributed by atoms with E-state index < -0.39 is 18.0 Å². The van der Waals surface area contributed by atoms with Crippen LogP contribution in [0.5, 0.6) is 5.75 Å². The zero-order chi connectivity index (χ0) is 20.1. The van der Waals surface area contributed by atoms with Gasteiger partial charge in [-0.25, -0.2) is 19.7 Å². The van der Waals surface area contributed by atoms with Crippen LogP contribution in [0.15, 0.2) is 42.7 Å². The number of methoxy groups -OCH3 is 1. The highest BCUT2D eigenvalue weighted by atomic mass is 32.1. The van der Waals surface area contributed by atoms with Crippen LogP contribution >= 0.6 is 11.3 Å². The van der Waals surface area contributed by atoms with Gasteiger partial charge in [-0.2, -0.15) is 0 Å². The number of aryl methyl sites for hydroxylation is 1. The average Bonchev–Trinajstić information content (AvgIpc) is 3.10. The van der Waals surface area contributed by atoms with E-state index in [2.05, 4.69) is 20.3 Å². The van der Waals surface area contributed by atoms with Crippen molar-refractivity contribution in [3.8, 4) is 16.6 Å². The SMILES string of the molecule is COc1ccccc1NC(=O)C(C)OC(=O)c1sc(-c2ncccn2)nc1C. The molecule has 1 atom stereocenters. The number of amides is 1. The van der Waals surface area contributed by atoms with Gasteiger partial charge in [0.2, 0.25) is 0 Å². The highest BCUT2D eigenvalue weighted by molar-refractivity contribution is 7.16. The predicted octanol–water partition coefficient (Wildman–Crippen LogP) is 3.10. The van der Waals surface area contributed by atoms with Crippen LogP contribution < -0.4 is 10.1 Å². The first-order chi connectivity index (χ1) is 13.5. The molecule has 0 spiro atoms. The zero-order valence-electron chi connectivity index (χ0n) is 15.5. The summed E-state index contributed by atoms with van der Waals surface area (Å²) in [6.07, 6.45) is 2.19. The quantitative estimate of drug-likeness (QED) is 0.636. The van der Waals surface area contributed by atoms with E-state index in [1.54, 1.807) is 49.6 Å². The Morgan fingerprint density at radius 1 is 1.14 bits per heavy atom. The molecule has 28 heavy (non-hydrogen) atoms. The van der Waals surface area contributed by atoms with Crippen molar-refractivity contribution in [2.45, 2.75) is 20.0 Å². The molecule has 0 radical (unpaired) electrons. The number of anilines is 1. The first kappa shape index (κ1) is 19.4. The number of benzene rings is 1. The van der Waals surface area contributed by atoms with E-state index in [4.69, 9.17) is 9.47 Å². The second-order valence-corrected chi connectivity index (χ2v) is 6.74. The van der Waals surface area contributed by atoms with Crippen molar-refractivity contribution in [2.75, 3.05) is 12.4 Å². The van der Waals surface area contributed by atoms with Crippen molar-refractivity contribution in [3.05, 3.63) is 53.3 Å². The van der Waals surface area contributed by atoms with E-state index >= 15 is 0 Å². The van der Waals surface area contributed by atoms with Crippen molar-refractivity contribution >= 4 is 28.9 Å². The Bertz CT molecular complexity index is 991. The number of thiazole rings is 1. The van der Waals surface area contributed by atoms with Crippen LogP contribution in [0.3, 0.4) is 0 Å². The van der Waals surface area contributed by atoms with Crippen molar-refractivity contribution in [1.29, 1.82) is 0 Å². The largest absolute Gasteiger partial charge is 0.495 e. The Morgan fingerprint density at radius 2 is 1.86 bits per heavy atom. The number of aromatic nitrogens is 3. The lowest BCUT2D eigenvalue weighted by atomic mass is 10.2. The second-order valence-electron chi connectivity index (χ2n) is 5.74. The van der Waals surface area contributed by atoms with Gasteiger partial charge in [-0.1, -0.05) is 12.1 Å². The van der Waals surface area contributed by atoms with Crippen molar-refractivity contribution in [2.24, 2.45) is 0 Å². The maximum Gasteiger partial charge on any atom is 0.351 e. The fourth-order valence-corrected chi connectivity index (χ4v) is 3.24. The minimum Gasteiger partial charge on any atom is -0.495 e. The van der Waals surface area contributed by atoms with E-state index in [-0.39, 0.29) is 0 Å². The molecule has 8 nitrogen and oxygen atoms in total. The molecule has 0 aliphatic rings. The van der Waals surface area contributed by atoms with Crippen molar-refractivity contribution in [3.63, 3.8) is 0 Å². The number of ether oxygens (including phenoxy) is 2. The summed E-state index contributed by atoms with van der Waals surface area (Å²) in [5.74, 6) is -0.150. The Balaban J connectivity index is 1.69. The molecule has 3 aromatic rings. The number of nitrogens with zero attached hydrogens (tertiary/aromatic N) is 3.